The second-order valence-electron chi connectivity index (χ2n) is 2.75. The third-order valence-corrected chi connectivity index (χ3v) is 1.79. The fraction of sp³-hybridized carbons (Fsp3) is 0.300. The highest BCUT2D eigenvalue weighted by molar-refractivity contribution is 5.42. The molecule has 0 aliphatic rings. The van der Waals surface area contributed by atoms with E-state index in [0.29, 0.717) is 16.9 Å². The fourth-order valence-electron chi connectivity index (χ4n) is 1.31. The minimum absolute atomic E-state index is 0.168. The maximum Gasteiger partial charge on any atom is 0.126 e. The maximum atomic E-state index is 12.9. The van der Waals surface area contributed by atoms with Crippen LogP contribution in [0.25, 0.3) is 0 Å². The van der Waals surface area contributed by atoms with Gasteiger partial charge in [0.25, 0.3) is 0 Å². The van der Waals surface area contributed by atoms with E-state index < -0.39 is 0 Å². The van der Waals surface area contributed by atoms with Crippen molar-refractivity contribution in [1.29, 1.82) is 5.26 Å². The Morgan fingerprint density at radius 1 is 1.54 bits per heavy atom. The monoisotopic (exact) mass is 179 g/mol. The molecule has 0 aromatic heterocycles. The minimum atomic E-state index is -0.330. The summed E-state index contributed by atoms with van der Waals surface area (Å²) in [5, 5.41) is 8.49. The van der Waals surface area contributed by atoms with Crippen LogP contribution >= 0.6 is 0 Å². The predicted molar refractivity (Wildman–Crippen MR) is 47.0 cm³/mol. The van der Waals surface area contributed by atoms with Gasteiger partial charge < -0.3 is 4.74 Å². The summed E-state index contributed by atoms with van der Waals surface area (Å²) >= 11 is 0. The molecule has 0 fully saturated rings. The average molecular weight is 179 g/mol. The molecule has 1 aromatic carbocycles. The molecule has 0 amide bonds. The van der Waals surface area contributed by atoms with Crippen molar-refractivity contribution < 1.29 is 9.13 Å². The summed E-state index contributed by atoms with van der Waals surface area (Å²) in [5.74, 6) is 0.270. The van der Waals surface area contributed by atoms with Crippen molar-refractivity contribution in [2.45, 2.75) is 13.3 Å². The third kappa shape index (κ3) is 1.97. The standard InChI is InChI=1S/C10H10FNO/c1-7-5-9(11)6-8(3-4-12)10(7)13-2/h5-6H,3H2,1-2H3. The van der Waals surface area contributed by atoms with Crippen LogP contribution < -0.4 is 4.74 Å². The lowest BCUT2D eigenvalue weighted by molar-refractivity contribution is 0.406. The van der Waals surface area contributed by atoms with Crippen molar-refractivity contribution in [2.24, 2.45) is 0 Å². The molecule has 68 valence electrons. The van der Waals surface area contributed by atoms with E-state index in [1.165, 1.54) is 19.2 Å². The number of nitriles is 1. The number of rotatable bonds is 2. The largest absolute Gasteiger partial charge is 0.496 e. The number of aryl methyl sites for hydroxylation is 1. The number of hydrogen-bond acceptors (Lipinski definition) is 2. The second kappa shape index (κ2) is 3.90. The Labute approximate surface area is 76.6 Å². The van der Waals surface area contributed by atoms with E-state index in [0.717, 1.165) is 0 Å². The van der Waals surface area contributed by atoms with Gasteiger partial charge in [0.05, 0.1) is 19.6 Å². The topological polar surface area (TPSA) is 33.0 Å². The molecule has 0 saturated carbocycles. The molecule has 0 aliphatic carbocycles. The van der Waals surface area contributed by atoms with Gasteiger partial charge in [-0.2, -0.15) is 5.26 Å². The summed E-state index contributed by atoms with van der Waals surface area (Å²) in [7, 11) is 1.51. The van der Waals surface area contributed by atoms with Crippen LogP contribution in [0, 0.1) is 24.1 Å². The van der Waals surface area contributed by atoms with Gasteiger partial charge in [0.15, 0.2) is 0 Å². The lowest BCUT2D eigenvalue weighted by Crippen LogP contribution is -1.95. The normalized spacial score (nSPS) is 9.38. The van der Waals surface area contributed by atoms with Crippen LogP contribution in [-0.4, -0.2) is 7.11 Å². The van der Waals surface area contributed by atoms with Gasteiger partial charge in [-0.25, -0.2) is 4.39 Å². The molecule has 0 radical (unpaired) electrons. The quantitative estimate of drug-likeness (QED) is 0.697. The van der Waals surface area contributed by atoms with Crippen LogP contribution in [0.15, 0.2) is 12.1 Å². The summed E-state index contributed by atoms with van der Waals surface area (Å²) in [6.07, 6.45) is 0.168. The highest BCUT2D eigenvalue weighted by atomic mass is 19.1. The van der Waals surface area contributed by atoms with E-state index in [1.807, 2.05) is 6.07 Å². The van der Waals surface area contributed by atoms with Crippen LogP contribution in [0.5, 0.6) is 5.75 Å². The molecule has 0 saturated heterocycles. The first kappa shape index (κ1) is 9.53. The van der Waals surface area contributed by atoms with Crippen molar-refractivity contribution in [1.82, 2.24) is 0 Å². The Hall–Kier alpha value is -1.56. The molecule has 13 heavy (non-hydrogen) atoms. The van der Waals surface area contributed by atoms with Gasteiger partial charge in [-0.3, -0.25) is 0 Å². The summed E-state index contributed by atoms with van der Waals surface area (Å²) in [5.41, 5.74) is 1.32. The number of hydrogen-bond donors (Lipinski definition) is 0. The number of methoxy groups -OCH3 is 1. The number of nitrogens with zero attached hydrogens (tertiary/aromatic N) is 1. The molecule has 0 N–H and O–H groups in total. The Morgan fingerprint density at radius 2 is 2.23 bits per heavy atom. The Morgan fingerprint density at radius 3 is 2.77 bits per heavy atom. The molecule has 2 nitrogen and oxygen atoms in total. The second-order valence-corrected chi connectivity index (χ2v) is 2.75. The van der Waals surface area contributed by atoms with E-state index in [4.69, 9.17) is 10.00 Å². The molecule has 0 bridgehead atoms. The first-order chi connectivity index (χ1) is 6.19. The highest BCUT2D eigenvalue weighted by Crippen LogP contribution is 2.24. The van der Waals surface area contributed by atoms with Gasteiger partial charge in [-0.15, -0.1) is 0 Å². The molecule has 1 rings (SSSR count). The van der Waals surface area contributed by atoms with E-state index >= 15 is 0 Å². The van der Waals surface area contributed by atoms with Gasteiger partial charge in [0, 0.05) is 5.56 Å². The lowest BCUT2D eigenvalue weighted by atomic mass is 10.1. The highest BCUT2D eigenvalue weighted by Gasteiger charge is 2.07. The van der Waals surface area contributed by atoms with Crippen LogP contribution in [0.3, 0.4) is 0 Å². The lowest BCUT2D eigenvalue weighted by Gasteiger charge is -2.08. The zero-order chi connectivity index (χ0) is 9.84. The first-order valence-corrected chi connectivity index (χ1v) is 3.89. The Kier molecular flexibility index (Phi) is 2.86. The average Bonchev–Trinajstić information content (AvgIpc) is 2.04. The zero-order valence-corrected chi connectivity index (χ0v) is 7.60. The molecular weight excluding hydrogens is 169 g/mol. The molecular formula is C10H10FNO. The predicted octanol–water partition coefficient (Wildman–Crippen LogP) is 2.21. The van der Waals surface area contributed by atoms with Gasteiger partial charge in [-0.05, 0) is 24.6 Å². The van der Waals surface area contributed by atoms with Crippen molar-refractivity contribution in [2.75, 3.05) is 7.11 Å². The maximum absolute atomic E-state index is 12.9. The molecule has 0 unspecified atom stereocenters. The number of benzene rings is 1. The van der Waals surface area contributed by atoms with Crippen molar-refractivity contribution in [3.8, 4) is 11.8 Å². The van der Waals surface area contributed by atoms with Crippen molar-refractivity contribution in [3.05, 3.63) is 29.1 Å². The first-order valence-electron chi connectivity index (χ1n) is 3.89. The summed E-state index contributed by atoms with van der Waals surface area (Å²) in [6.45, 7) is 1.75. The molecule has 0 aliphatic heterocycles. The molecule has 1 aromatic rings. The smallest absolute Gasteiger partial charge is 0.126 e. The molecule has 3 heteroatoms. The molecule has 0 spiro atoms. The van der Waals surface area contributed by atoms with E-state index in [-0.39, 0.29) is 12.2 Å². The number of ether oxygens (including phenoxy) is 1. The van der Waals surface area contributed by atoms with Crippen LogP contribution in [-0.2, 0) is 6.42 Å². The van der Waals surface area contributed by atoms with Gasteiger partial charge in [0.2, 0.25) is 0 Å². The summed E-state index contributed by atoms with van der Waals surface area (Å²) in [6, 6.07) is 4.68. The summed E-state index contributed by atoms with van der Waals surface area (Å²) < 4.78 is 18.0. The van der Waals surface area contributed by atoms with Gasteiger partial charge >= 0.3 is 0 Å². The Balaban J connectivity index is 3.23. The van der Waals surface area contributed by atoms with Crippen LogP contribution in [0.1, 0.15) is 11.1 Å². The molecule has 0 atom stereocenters. The SMILES string of the molecule is COc1c(C)cc(F)cc1CC#N. The van der Waals surface area contributed by atoms with Crippen LogP contribution in [0.4, 0.5) is 4.39 Å². The van der Waals surface area contributed by atoms with Crippen molar-refractivity contribution >= 4 is 0 Å². The van der Waals surface area contributed by atoms with E-state index in [1.54, 1.807) is 6.92 Å². The summed E-state index contributed by atoms with van der Waals surface area (Å²) in [4.78, 5) is 0. The van der Waals surface area contributed by atoms with Gasteiger partial charge in [-0.1, -0.05) is 0 Å². The number of halogens is 1. The Bertz CT molecular complexity index is 355. The third-order valence-electron chi connectivity index (χ3n) is 1.79. The minimum Gasteiger partial charge on any atom is -0.496 e. The molecule has 0 heterocycles. The van der Waals surface area contributed by atoms with E-state index in [2.05, 4.69) is 0 Å². The fourth-order valence-corrected chi connectivity index (χ4v) is 1.31. The van der Waals surface area contributed by atoms with E-state index in [9.17, 15) is 4.39 Å². The van der Waals surface area contributed by atoms with Gasteiger partial charge in [0.1, 0.15) is 11.6 Å². The zero-order valence-electron chi connectivity index (χ0n) is 7.60. The van der Waals surface area contributed by atoms with Crippen LogP contribution in [0.2, 0.25) is 0 Å². The van der Waals surface area contributed by atoms with Crippen molar-refractivity contribution in [3.63, 3.8) is 0 Å².